The van der Waals surface area contributed by atoms with Gasteiger partial charge in [-0.2, -0.15) is 0 Å². The molecular formula is C10H13N3O. The van der Waals surface area contributed by atoms with Gasteiger partial charge in [0.2, 0.25) is 0 Å². The van der Waals surface area contributed by atoms with Crippen LogP contribution in [-0.2, 0) is 7.05 Å². The van der Waals surface area contributed by atoms with Crippen molar-refractivity contribution in [2.24, 2.45) is 7.05 Å². The van der Waals surface area contributed by atoms with E-state index in [4.69, 9.17) is 0 Å². The van der Waals surface area contributed by atoms with Crippen molar-refractivity contribution >= 4 is 5.91 Å². The van der Waals surface area contributed by atoms with E-state index in [2.05, 4.69) is 22.1 Å². The van der Waals surface area contributed by atoms with Crippen molar-refractivity contribution in [1.29, 1.82) is 0 Å². The fraction of sp³-hybridized carbons (Fsp3) is 0.400. The molecule has 1 N–H and O–H groups in total. The molecule has 1 heterocycles. The van der Waals surface area contributed by atoms with Gasteiger partial charge in [0, 0.05) is 20.0 Å². The van der Waals surface area contributed by atoms with Crippen LogP contribution in [0.15, 0.2) is 12.5 Å². The first-order chi connectivity index (χ1) is 6.75. The molecule has 74 valence electrons. The van der Waals surface area contributed by atoms with Gasteiger partial charge in [-0.05, 0) is 6.92 Å². The molecule has 0 aliphatic carbocycles. The summed E-state index contributed by atoms with van der Waals surface area (Å²) in [5.74, 6) is 5.54. The summed E-state index contributed by atoms with van der Waals surface area (Å²) in [6.45, 7) is 2.35. The third kappa shape index (κ3) is 2.63. The third-order valence-electron chi connectivity index (χ3n) is 1.76. The second-order valence-corrected chi connectivity index (χ2v) is 2.82. The maximum Gasteiger partial charge on any atom is 0.269 e. The zero-order valence-corrected chi connectivity index (χ0v) is 8.37. The van der Waals surface area contributed by atoms with E-state index in [0.717, 1.165) is 0 Å². The summed E-state index contributed by atoms with van der Waals surface area (Å²) < 4.78 is 1.68. The van der Waals surface area contributed by atoms with E-state index in [0.29, 0.717) is 18.7 Å². The number of nitrogens with one attached hydrogen (secondary N) is 1. The molecule has 1 amide bonds. The highest BCUT2D eigenvalue weighted by molar-refractivity contribution is 5.92. The number of aromatic nitrogens is 2. The molecule has 0 aliphatic heterocycles. The summed E-state index contributed by atoms with van der Waals surface area (Å²) in [6, 6.07) is 0. The fourth-order valence-corrected chi connectivity index (χ4v) is 1.03. The number of hydrogen-bond acceptors (Lipinski definition) is 2. The van der Waals surface area contributed by atoms with Gasteiger partial charge in [0.05, 0.1) is 12.5 Å². The van der Waals surface area contributed by atoms with Crippen LogP contribution in [0.3, 0.4) is 0 Å². The Kier molecular flexibility index (Phi) is 3.74. The quantitative estimate of drug-likeness (QED) is 0.560. The second kappa shape index (κ2) is 5.07. The molecule has 0 radical (unpaired) electrons. The molecular weight excluding hydrogens is 178 g/mol. The van der Waals surface area contributed by atoms with Crippen molar-refractivity contribution in [3.8, 4) is 11.8 Å². The molecule has 0 bridgehead atoms. The highest BCUT2D eigenvalue weighted by atomic mass is 16.1. The first kappa shape index (κ1) is 10.3. The number of nitrogens with zero attached hydrogens (tertiary/aromatic N) is 2. The molecule has 4 heteroatoms. The van der Waals surface area contributed by atoms with E-state index in [1.165, 1.54) is 0 Å². The maximum absolute atomic E-state index is 11.5. The van der Waals surface area contributed by atoms with Crippen LogP contribution in [0.5, 0.6) is 0 Å². The Labute approximate surface area is 83.3 Å². The smallest absolute Gasteiger partial charge is 0.269 e. The molecule has 1 aromatic rings. The Balaban J connectivity index is 2.42. The standard InChI is InChI=1S/C10H13N3O/c1-3-4-5-6-12-10(14)9-7-11-8-13(9)2/h7-8H,5-6H2,1-2H3,(H,12,14). The lowest BCUT2D eigenvalue weighted by atomic mass is 10.4. The number of amides is 1. The van der Waals surface area contributed by atoms with E-state index >= 15 is 0 Å². The zero-order valence-electron chi connectivity index (χ0n) is 8.37. The molecule has 0 unspecified atom stereocenters. The average Bonchev–Trinajstić information content (AvgIpc) is 2.59. The lowest BCUT2D eigenvalue weighted by Crippen LogP contribution is -2.25. The van der Waals surface area contributed by atoms with Gasteiger partial charge in [0.1, 0.15) is 5.69 Å². The molecule has 14 heavy (non-hydrogen) atoms. The maximum atomic E-state index is 11.5. The Morgan fingerprint density at radius 2 is 2.50 bits per heavy atom. The van der Waals surface area contributed by atoms with E-state index in [-0.39, 0.29) is 5.91 Å². The summed E-state index contributed by atoms with van der Waals surface area (Å²) in [6.07, 6.45) is 3.82. The summed E-state index contributed by atoms with van der Waals surface area (Å²) in [5, 5.41) is 2.76. The number of rotatable bonds is 3. The van der Waals surface area contributed by atoms with Crippen LogP contribution in [0.2, 0.25) is 0 Å². The highest BCUT2D eigenvalue weighted by Gasteiger charge is 2.07. The number of aryl methyl sites for hydroxylation is 1. The topological polar surface area (TPSA) is 46.9 Å². The van der Waals surface area contributed by atoms with Crippen molar-refractivity contribution in [2.75, 3.05) is 6.54 Å². The summed E-state index contributed by atoms with van der Waals surface area (Å²) in [4.78, 5) is 15.3. The van der Waals surface area contributed by atoms with Crippen molar-refractivity contribution in [2.45, 2.75) is 13.3 Å². The van der Waals surface area contributed by atoms with Crippen LogP contribution in [-0.4, -0.2) is 22.0 Å². The minimum absolute atomic E-state index is 0.108. The Morgan fingerprint density at radius 1 is 1.71 bits per heavy atom. The number of carbonyl (C=O) groups is 1. The second-order valence-electron chi connectivity index (χ2n) is 2.82. The van der Waals surface area contributed by atoms with Gasteiger partial charge >= 0.3 is 0 Å². The van der Waals surface area contributed by atoms with Crippen molar-refractivity contribution in [3.05, 3.63) is 18.2 Å². The molecule has 0 atom stereocenters. The largest absolute Gasteiger partial charge is 0.350 e. The number of imidazole rings is 1. The summed E-state index contributed by atoms with van der Waals surface area (Å²) in [7, 11) is 1.79. The van der Waals surface area contributed by atoms with Gasteiger partial charge in [-0.1, -0.05) is 0 Å². The van der Waals surface area contributed by atoms with Crippen molar-refractivity contribution in [1.82, 2.24) is 14.9 Å². The predicted octanol–water partition coefficient (Wildman–Crippen LogP) is 0.563. The fourth-order valence-electron chi connectivity index (χ4n) is 1.03. The van der Waals surface area contributed by atoms with Crippen LogP contribution in [0.1, 0.15) is 23.8 Å². The van der Waals surface area contributed by atoms with Crippen LogP contribution >= 0.6 is 0 Å². The number of carbonyl (C=O) groups excluding carboxylic acids is 1. The first-order valence-corrected chi connectivity index (χ1v) is 4.40. The molecule has 0 saturated heterocycles. The molecule has 4 nitrogen and oxygen atoms in total. The third-order valence-corrected chi connectivity index (χ3v) is 1.76. The van der Waals surface area contributed by atoms with Crippen LogP contribution in [0, 0.1) is 11.8 Å². The lowest BCUT2D eigenvalue weighted by molar-refractivity contribution is 0.0946. The Hall–Kier alpha value is -1.76. The Bertz CT molecular complexity index is 370. The van der Waals surface area contributed by atoms with Crippen LogP contribution in [0.25, 0.3) is 0 Å². The van der Waals surface area contributed by atoms with E-state index in [1.54, 1.807) is 31.1 Å². The SMILES string of the molecule is CC#CCCNC(=O)c1cncn1C. The van der Waals surface area contributed by atoms with Crippen molar-refractivity contribution < 1.29 is 4.79 Å². The first-order valence-electron chi connectivity index (χ1n) is 4.40. The van der Waals surface area contributed by atoms with E-state index < -0.39 is 0 Å². The molecule has 1 aromatic heterocycles. The van der Waals surface area contributed by atoms with E-state index in [9.17, 15) is 4.79 Å². The monoisotopic (exact) mass is 191 g/mol. The average molecular weight is 191 g/mol. The Morgan fingerprint density at radius 3 is 3.07 bits per heavy atom. The minimum atomic E-state index is -0.108. The van der Waals surface area contributed by atoms with Gasteiger partial charge in [0.25, 0.3) is 5.91 Å². The van der Waals surface area contributed by atoms with Crippen LogP contribution in [0.4, 0.5) is 0 Å². The summed E-state index contributed by atoms with van der Waals surface area (Å²) >= 11 is 0. The highest BCUT2D eigenvalue weighted by Crippen LogP contribution is 1.95. The van der Waals surface area contributed by atoms with Gasteiger partial charge in [-0.15, -0.1) is 11.8 Å². The van der Waals surface area contributed by atoms with Gasteiger partial charge < -0.3 is 9.88 Å². The van der Waals surface area contributed by atoms with Crippen molar-refractivity contribution in [3.63, 3.8) is 0 Å². The minimum Gasteiger partial charge on any atom is -0.350 e. The normalized spacial score (nSPS) is 9.00. The lowest BCUT2D eigenvalue weighted by Gasteiger charge is -2.02. The zero-order chi connectivity index (χ0) is 10.4. The molecule has 0 saturated carbocycles. The number of hydrogen-bond donors (Lipinski definition) is 1. The molecule has 1 rings (SSSR count). The molecule has 0 spiro atoms. The van der Waals surface area contributed by atoms with Gasteiger partial charge in [-0.25, -0.2) is 4.98 Å². The summed E-state index contributed by atoms with van der Waals surface area (Å²) in [5.41, 5.74) is 0.564. The van der Waals surface area contributed by atoms with Gasteiger partial charge in [0.15, 0.2) is 0 Å². The van der Waals surface area contributed by atoms with Gasteiger partial charge in [-0.3, -0.25) is 4.79 Å². The van der Waals surface area contributed by atoms with E-state index in [1.807, 2.05) is 0 Å². The molecule has 0 aliphatic rings. The van der Waals surface area contributed by atoms with Crippen LogP contribution < -0.4 is 5.32 Å². The predicted molar refractivity (Wildman–Crippen MR) is 53.6 cm³/mol. The molecule has 0 fully saturated rings. The molecule has 0 aromatic carbocycles.